The third-order valence-electron chi connectivity index (χ3n) is 1.93. The number of phenols is 2. The molecule has 0 amide bonds. The Balaban J connectivity index is 3.44. The molecule has 6 nitrogen and oxygen atoms in total. The van der Waals surface area contributed by atoms with Crippen molar-refractivity contribution in [3.05, 3.63) is 11.6 Å². The molecule has 1 rings (SSSR count). The summed E-state index contributed by atoms with van der Waals surface area (Å²) in [4.78, 5) is 0. The van der Waals surface area contributed by atoms with E-state index in [0.29, 0.717) is 0 Å². The number of ether oxygens (including phenoxy) is 2. The van der Waals surface area contributed by atoms with E-state index in [4.69, 9.17) is 19.7 Å². The fourth-order valence-corrected chi connectivity index (χ4v) is 1.18. The molecule has 84 valence electrons. The van der Waals surface area contributed by atoms with E-state index in [1.165, 1.54) is 14.2 Å². The molecule has 0 aromatic heterocycles. The Morgan fingerprint density at radius 3 is 2.07 bits per heavy atom. The second-order valence-corrected chi connectivity index (χ2v) is 2.77. The van der Waals surface area contributed by atoms with E-state index in [1.807, 2.05) is 0 Å². The molecule has 0 saturated carbocycles. The van der Waals surface area contributed by atoms with Gasteiger partial charge in [0.2, 0.25) is 11.5 Å². The normalized spacial score (nSPS) is 10.5. The van der Waals surface area contributed by atoms with E-state index in [9.17, 15) is 10.2 Å². The van der Waals surface area contributed by atoms with Crippen LogP contribution in [-0.4, -0.2) is 34.6 Å². The third-order valence-corrected chi connectivity index (χ3v) is 1.93. The van der Waals surface area contributed by atoms with Gasteiger partial charge in [-0.05, 0) is 6.07 Å². The van der Waals surface area contributed by atoms with Crippen LogP contribution in [-0.2, 0) is 0 Å². The summed E-state index contributed by atoms with van der Waals surface area (Å²) in [6, 6.07) is 1.11. The third kappa shape index (κ3) is 1.90. The molecular weight excluding hydrogens is 204 g/mol. The van der Waals surface area contributed by atoms with Gasteiger partial charge in [-0.15, -0.1) is 0 Å². The van der Waals surface area contributed by atoms with Crippen molar-refractivity contribution in [3.63, 3.8) is 0 Å². The van der Waals surface area contributed by atoms with Crippen LogP contribution in [0.15, 0.2) is 6.07 Å². The molecule has 6 heteroatoms. The molecule has 0 unspecified atom stereocenters. The number of aliphatic hydroxyl groups is 2. The maximum Gasteiger partial charge on any atom is 0.207 e. The van der Waals surface area contributed by atoms with E-state index in [2.05, 4.69) is 0 Å². The number of phenolic OH excluding ortho intramolecular Hbond substituents is 2. The van der Waals surface area contributed by atoms with Gasteiger partial charge in [0.25, 0.3) is 0 Å². The van der Waals surface area contributed by atoms with Crippen molar-refractivity contribution in [3.8, 4) is 23.0 Å². The first-order valence-corrected chi connectivity index (χ1v) is 4.05. The number of hydrogen-bond acceptors (Lipinski definition) is 6. The second kappa shape index (κ2) is 4.24. The maximum absolute atomic E-state index is 9.50. The molecule has 0 aliphatic carbocycles. The van der Waals surface area contributed by atoms with Gasteiger partial charge in [-0.25, -0.2) is 0 Å². The van der Waals surface area contributed by atoms with Crippen molar-refractivity contribution in [2.75, 3.05) is 14.2 Å². The smallest absolute Gasteiger partial charge is 0.207 e. The molecule has 0 saturated heterocycles. The fraction of sp³-hybridized carbons (Fsp3) is 0.333. The molecule has 0 heterocycles. The van der Waals surface area contributed by atoms with Crippen molar-refractivity contribution in [1.29, 1.82) is 0 Å². The summed E-state index contributed by atoms with van der Waals surface area (Å²) in [6.07, 6.45) is -1.88. The summed E-state index contributed by atoms with van der Waals surface area (Å²) >= 11 is 0. The fourth-order valence-electron chi connectivity index (χ4n) is 1.18. The van der Waals surface area contributed by atoms with E-state index >= 15 is 0 Å². The number of hydrogen-bond donors (Lipinski definition) is 4. The number of benzene rings is 1. The molecule has 0 fully saturated rings. The molecule has 1 aromatic carbocycles. The first-order chi connectivity index (χ1) is 7.02. The Morgan fingerprint density at radius 2 is 1.67 bits per heavy atom. The van der Waals surface area contributed by atoms with Crippen LogP contribution in [0.25, 0.3) is 0 Å². The van der Waals surface area contributed by atoms with Gasteiger partial charge in [0.1, 0.15) is 0 Å². The van der Waals surface area contributed by atoms with Crippen LogP contribution in [0.5, 0.6) is 23.0 Å². The first kappa shape index (κ1) is 11.4. The summed E-state index contributed by atoms with van der Waals surface area (Å²) in [6.45, 7) is 0. The molecular formula is C9H12O6. The van der Waals surface area contributed by atoms with Crippen LogP contribution in [0.1, 0.15) is 11.9 Å². The van der Waals surface area contributed by atoms with Crippen LogP contribution in [0, 0.1) is 0 Å². The zero-order valence-electron chi connectivity index (χ0n) is 8.26. The minimum Gasteiger partial charge on any atom is -0.504 e. The monoisotopic (exact) mass is 216 g/mol. The highest BCUT2D eigenvalue weighted by Crippen LogP contribution is 2.46. The van der Waals surface area contributed by atoms with Gasteiger partial charge in [0.15, 0.2) is 17.8 Å². The number of aromatic hydroxyl groups is 2. The molecule has 0 aliphatic heterocycles. The zero-order chi connectivity index (χ0) is 11.6. The first-order valence-electron chi connectivity index (χ1n) is 4.05. The van der Waals surface area contributed by atoms with E-state index in [0.717, 1.165) is 6.07 Å². The van der Waals surface area contributed by atoms with Gasteiger partial charge in [0, 0.05) is 0 Å². The Morgan fingerprint density at radius 1 is 1.07 bits per heavy atom. The highest BCUT2D eigenvalue weighted by atomic mass is 16.5. The molecule has 0 radical (unpaired) electrons. The predicted octanol–water partition coefficient (Wildman–Crippen LogP) is 0.0982. The average Bonchev–Trinajstić information content (AvgIpc) is 2.18. The lowest BCUT2D eigenvalue weighted by molar-refractivity contribution is -0.0442. The number of rotatable bonds is 3. The van der Waals surface area contributed by atoms with Crippen molar-refractivity contribution >= 4 is 0 Å². The minimum absolute atomic E-state index is 0.0206. The predicted molar refractivity (Wildman–Crippen MR) is 50.1 cm³/mol. The Labute approximate surface area is 85.9 Å². The average molecular weight is 216 g/mol. The quantitative estimate of drug-likeness (QED) is 0.535. The van der Waals surface area contributed by atoms with Gasteiger partial charge in [0.05, 0.1) is 19.8 Å². The number of aliphatic hydroxyl groups excluding tert-OH is 1. The van der Waals surface area contributed by atoms with Crippen LogP contribution < -0.4 is 9.47 Å². The molecule has 1 aromatic rings. The molecule has 0 atom stereocenters. The highest BCUT2D eigenvalue weighted by Gasteiger charge is 2.21. The van der Waals surface area contributed by atoms with E-state index in [1.54, 1.807) is 0 Å². The van der Waals surface area contributed by atoms with Crippen molar-refractivity contribution in [2.24, 2.45) is 0 Å². The maximum atomic E-state index is 9.50. The summed E-state index contributed by atoms with van der Waals surface area (Å²) in [5.74, 6) is -1.22. The lowest BCUT2D eigenvalue weighted by Gasteiger charge is -2.14. The molecule has 0 bridgehead atoms. The van der Waals surface area contributed by atoms with Gasteiger partial charge in [-0.2, -0.15) is 0 Å². The number of methoxy groups -OCH3 is 2. The topological polar surface area (TPSA) is 99.4 Å². The summed E-state index contributed by atoms with van der Waals surface area (Å²) < 4.78 is 9.48. The Kier molecular flexibility index (Phi) is 3.23. The highest BCUT2D eigenvalue weighted by molar-refractivity contribution is 5.61. The summed E-state index contributed by atoms with van der Waals surface area (Å²) in [7, 11) is 2.51. The van der Waals surface area contributed by atoms with Crippen LogP contribution in [0.4, 0.5) is 0 Å². The standard InChI is InChI=1S/C9H12O6/c1-14-5-3-4(9(12)13)6(10)8(15-2)7(5)11/h3,9-13H,1-2H3. The van der Waals surface area contributed by atoms with E-state index in [-0.39, 0.29) is 17.1 Å². The Hall–Kier alpha value is -1.66. The second-order valence-electron chi connectivity index (χ2n) is 2.77. The van der Waals surface area contributed by atoms with Gasteiger partial charge >= 0.3 is 0 Å². The summed E-state index contributed by atoms with van der Waals surface area (Å²) in [5, 5.41) is 36.9. The van der Waals surface area contributed by atoms with Crippen molar-refractivity contribution in [1.82, 2.24) is 0 Å². The van der Waals surface area contributed by atoms with E-state index < -0.39 is 17.8 Å². The largest absolute Gasteiger partial charge is 0.504 e. The minimum atomic E-state index is -1.88. The van der Waals surface area contributed by atoms with Crippen LogP contribution in [0.2, 0.25) is 0 Å². The van der Waals surface area contributed by atoms with Crippen LogP contribution >= 0.6 is 0 Å². The Bertz CT molecular complexity index is 360. The van der Waals surface area contributed by atoms with Crippen LogP contribution in [0.3, 0.4) is 0 Å². The van der Waals surface area contributed by atoms with Crippen molar-refractivity contribution < 1.29 is 29.9 Å². The molecule has 0 spiro atoms. The van der Waals surface area contributed by atoms with Crippen molar-refractivity contribution in [2.45, 2.75) is 6.29 Å². The molecule has 15 heavy (non-hydrogen) atoms. The van der Waals surface area contributed by atoms with Gasteiger partial charge in [-0.3, -0.25) is 0 Å². The van der Waals surface area contributed by atoms with Gasteiger partial charge < -0.3 is 29.9 Å². The zero-order valence-corrected chi connectivity index (χ0v) is 8.26. The SMILES string of the molecule is COc1cc(C(O)O)c(O)c(OC)c1O. The summed E-state index contributed by atoms with van der Waals surface area (Å²) in [5.41, 5.74) is -0.207. The lowest BCUT2D eigenvalue weighted by atomic mass is 10.1. The lowest BCUT2D eigenvalue weighted by Crippen LogP contribution is -1.99. The molecule has 4 N–H and O–H groups in total. The van der Waals surface area contributed by atoms with Gasteiger partial charge in [-0.1, -0.05) is 0 Å². The molecule has 0 aliphatic rings.